The van der Waals surface area contributed by atoms with Crippen LogP contribution in [0.3, 0.4) is 0 Å². The maximum Gasteiger partial charge on any atom is 0.222 e. The average Bonchev–Trinajstić information content (AvgIpc) is 2.94. The number of benzene rings is 4. The van der Waals surface area contributed by atoms with Crippen molar-refractivity contribution < 1.29 is 8.37 Å². The minimum atomic E-state index is -2.14. The SMILES string of the molecule is [3H][B]S(=P)Oc1ccc(C[P+](c2ccccc2)(c2ccccc2)c2ccccc2)c(OS(=P)[B][3H])c1. The molecule has 0 saturated heterocycles. The van der Waals surface area contributed by atoms with Crippen LogP contribution in [-0.2, 0) is 26.6 Å². The van der Waals surface area contributed by atoms with E-state index in [0.29, 0.717) is 11.5 Å². The zero-order valence-corrected chi connectivity index (χ0v) is 22.9. The maximum atomic E-state index is 7.66. The van der Waals surface area contributed by atoms with E-state index in [1.807, 2.05) is 18.2 Å². The summed E-state index contributed by atoms with van der Waals surface area (Å²) in [6, 6.07) is 37.9. The molecule has 0 aliphatic heterocycles. The van der Waals surface area contributed by atoms with E-state index in [1.165, 1.54) is 30.1 Å². The summed E-state index contributed by atoms with van der Waals surface area (Å²) in [6.07, 6.45) is 0.728. The monoisotopic (exact) mass is 539 g/mol. The van der Waals surface area contributed by atoms with E-state index in [0.717, 1.165) is 11.7 Å². The van der Waals surface area contributed by atoms with E-state index in [-0.39, 0.29) is 0 Å². The van der Waals surface area contributed by atoms with Crippen LogP contribution in [0.4, 0.5) is 0 Å². The van der Waals surface area contributed by atoms with Crippen LogP contribution in [0.2, 0.25) is 0 Å². The van der Waals surface area contributed by atoms with Gasteiger partial charge in [0.2, 0.25) is 14.2 Å². The van der Waals surface area contributed by atoms with Gasteiger partial charge in [-0.1, -0.05) is 70.6 Å². The number of hydrogen-bond acceptors (Lipinski definition) is 2. The molecule has 0 spiro atoms. The topological polar surface area (TPSA) is 18.5 Å². The zero-order chi connectivity index (χ0) is 25.4. The molecule has 2 atom stereocenters. The van der Waals surface area contributed by atoms with Gasteiger partial charge in [0.05, 0.1) is 0 Å². The summed E-state index contributed by atoms with van der Waals surface area (Å²) in [7, 11) is 5.50. The highest BCUT2D eigenvalue weighted by molar-refractivity contribution is 8.28. The Morgan fingerprint density at radius 2 is 1.15 bits per heavy atom. The Balaban J connectivity index is 1.93. The first-order valence-corrected chi connectivity index (χ1v) is 17.3. The third kappa shape index (κ3) is 5.93. The van der Waals surface area contributed by atoms with E-state index in [4.69, 9.17) is 11.0 Å². The van der Waals surface area contributed by atoms with Gasteiger partial charge in [-0.15, -0.1) is 0 Å². The van der Waals surface area contributed by atoms with Gasteiger partial charge in [-0.05, 0) is 71.6 Å². The molecule has 0 fully saturated rings. The molecule has 4 aromatic carbocycles. The highest BCUT2D eigenvalue weighted by Crippen LogP contribution is 2.59. The van der Waals surface area contributed by atoms with Gasteiger partial charge in [-0.25, -0.2) is 0 Å². The third-order valence-corrected chi connectivity index (χ3v) is 11.0. The molecule has 2 nitrogen and oxygen atoms in total. The lowest BCUT2D eigenvalue weighted by Gasteiger charge is -2.28. The molecule has 0 saturated carbocycles. The highest BCUT2D eigenvalue weighted by Gasteiger charge is 2.46. The molecule has 4 rings (SSSR count). The van der Waals surface area contributed by atoms with E-state index in [1.54, 1.807) is 0 Å². The van der Waals surface area contributed by atoms with Gasteiger partial charge in [0, 0.05) is 11.6 Å². The Hall–Kier alpha value is -1.66. The van der Waals surface area contributed by atoms with Crippen molar-refractivity contribution in [2.24, 2.45) is 0 Å². The van der Waals surface area contributed by atoms with Crippen LogP contribution in [0, 0.1) is 0 Å². The van der Waals surface area contributed by atoms with Gasteiger partial charge in [-0.2, -0.15) is 0 Å². The summed E-state index contributed by atoms with van der Waals surface area (Å²) in [4.78, 5) is 0. The molecule has 9 heteroatoms. The second kappa shape index (κ2) is 11.9. The van der Waals surface area contributed by atoms with Crippen molar-refractivity contribution in [3.8, 4) is 11.5 Å². The molecule has 4 aromatic rings. The predicted molar refractivity (Wildman–Crippen MR) is 162 cm³/mol. The zero-order valence-electron chi connectivity index (χ0n) is 20.3. The summed E-state index contributed by atoms with van der Waals surface area (Å²) < 4.78 is 27.1. The van der Waals surface area contributed by atoms with Gasteiger partial charge < -0.3 is 8.37 Å². The molecule has 0 heterocycles. The predicted octanol–water partition coefficient (Wildman–Crippen LogP) is 4.75. The molecular weight excluding hydrogens is 511 g/mol. The van der Waals surface area contributed by atoms with Gasteiger partial charge >= 0.3 is 0 Å². The fraction of sp³-hybridized carbons (Fsp3) is 0.0400. The van der Waals surface area contributed by atoms with Crippen molar-refractivity contribution in [3.05, 3.63) is 115 Å². The summed E-state index contributed by atoms with van der Waals surface area (Å²) >= 11 is 0. The lowest BCUT2D eigenvalue weighted by molar-refractivity contribution is 0.615. The van der Waals surface area contributed by atoms with Crippen LogP contribution < -0.4 is 24.3 Å². The quantitative estimate of drug-likeness (QED) is 0.203. The maximum absolute atomic E-state index is 7.66. The molecule has 0 aliphatic rings. The Kier molecular flexibility index (Phi) is 7.94. The standard InChI is InChI=1S/C25H24B2O2P3S2/c26-33(30)28-21-17-16-20(25(18-21)29-34(27)31)19-32(22-10-4-1-5-11-22,23-12-6-2-7-13-23)24-14-8-3-9-15-24/h1-18,26-27,30-31H,19H2/q+1/i26T,27T. The Bertz CT molecular complexity index is 1240. The van der Waals surface area contributed by atoms with E-state index >= 15 is 0 Å². The molecule has 0 aromatic heterocycles. The first kappa shape index (κ1) is 22.8. The van der Waals surface area contributed by atoms with Crippen molar-refractivity contribution in [1.29, 1.82) is 2.67 Å². The molecule has 0 aliphatic carbocycles. The lowest BCUT2D eigenvalue weighted by Crippen LogP contribution is -2.32. The molecule has 34 heavy (non-hydrogen) atoms. The molecule has 2 radical (unpaired) electrons. The summed E-state index contributed by atoms with van der Waals surface area (Å²) in [6.45, 7) is 0. The van der Waals surface area contributed by atoms with E-state index in [9.17, 15) is 0 Å². The highest BCUT2D eigenvalue weighted by atomic mass is 32.5. The number of hydrogen-bond donors (Lipinski definition) is 0. The lowest BCUT2D eigenvalue weighted by atomic mass is 10.2. The Morgan fingerprint density at radius 3 is 1.62 bits per heavy atom. The smallest absolute Gasteiger partial charge is 0.222 e. The van der Waals surface area contributed by atoms with E-state index < -0.39 is 27.7 Å². The van der Waals surface area contributed by atoms with Gasteiger partial charge in [0.15, 0.2) is 0 Å². The minimum Gasteiger partial charge on any atom is -0.442 e. The Morgan fingerprint density at radius 1 is 0.676 bits per heavy atom. The molecule has 2 unspecified atom stereocenters. The second-order valence-electron chi connectivity index (χ2n) is 7.51. The molecule has 0 amide bonds. The fourth-order valence-electron chi connectivity index (χ4n) is 4.02. The van der Waals surface area contributed by atoms with Gasteiger partial charge in [0.25, 0.3) is 0 Å². The summed E-state index contributed by atoms with van der Waals surface area (Å²) in [5, 5.41) is 3.84. The fourth-order valence-corrected chi connectivity index (χ4v) is 9.49. The minimum absolute atomic E-state index is 0.590. The van der Waals surface area contributed by atoms with Crippen molar-refractivity contribution in [3.63, 3.8) is 0 Å². The molecular formula is C25H24B2O2P3S2+. The average molecular weight is 539 g/mol. The molecule has 0 N–H and O–H groups in total. The summed E-state index contributed by atoms with van der Waals surface area (Å²) in [5.41, 5.74) is 1.02. The largest absolute Gasteiger partial charge is 0.442 e. The normalized spacial score (nSPS) is 13.6. The first-order chi connectivity index (χ1) is 17.6. The molecule has 168 valence electrons. The van der Waals surface area contributed by atoms with Gasteiger partial charge in [-0.3, -0.25) is 0 Å². The first-order valence-electron chi connectivity index (χ1n) is 11.6. The number of rotatable bonds is 11. The third-order valence-electron chi connectivity index (χ3n) is 5.40. The van der Waals surface area contributed by atoms with Crippen LogP contribution >= 0.6 is 23.3 Å². The molecule has 0 bridgehead atoms. The van der Waals surface area contributed by atoms with Crippen molar-refractivity contribution in [2.75, 3.05) is 0 Å². The Labute approximate surface area is 216 Å². The van der Waals surface area contributed by atoms with Gasteiger partial charge in [0.1, 0.15) is 40.8 Å². The van der Waals surface area contributed by atoms with Crippen LogP contribution in [0.15, 0.2) is 109 Å². The van der Waals surface area contributed by atoms with Crippen LogP contribution in [-0.4, -0.2) is 16.8 Å². The second-order valence-corrected chi connectivity index (χ2v) is 14.9. The van der Waals surface area contributed by atoms with E-state index in [2.05, 4.69) is 107 Å². The van der Waals surface area contributed by atoms with Crippen LogP contribution in [0.5, 0.6) is 11.5 Å². The van der Waals surface area contributed by atoms with Crippen molar-refractivity contribution in [1.82, 2.24) is 0 Å². The van der Waals surface area contributed by atoms with Crippen LogP contribution in [0.25, 0.3) is 0 Å². The van der Waals surface area contributed by atoms with Crippen LogP contribution in [0.1, 0.15) is 5.56 Å². The summed E-state index contributed by atoms with van der Waals surface area (Å²) in [5.74, 6) is 1.24. The van der Waals surface area contributed by atoms with Crippen molar-refractivity contribution in [2.45, 2.75) is 6.16 Å². The van der Waals surface area contributed by atoms with Crippen molar-refractivity contribution >= 4 is 73.8 Å².